The van der Waals surface area contributed by atoms with Gasteiger partial charge in [-0.15, -0.1) is 0 Å². The number of carbonyl (C=O) groups is 2. The summed E-state index contributed by atoms with van der Waals surface area (Å²) in [5, 5.41) is 5.11. The molecule has 1 heterocycles. The molecule has 2 amide bonds. The first kappa shape index (κ1) is 13.1. The van der Waals surface area contributed by atoms with Crippen LogP contribution >= 0.6 is 0 Å². The van der Waals surface area contributed by atoms with Crippen LogP contribution in [0.3, 0.4) is 0 Å². The highest BCUT2D eigenvalue weighted by atomic mass is 16.2. The van der Waals surface area contributed by atoms with Crippen LogP contribution in [0.2, 0.25) is 0 Å². The van der Waals surface area contributed by atoms with Gasteiger partial charge in [-0.05, 0) is 19.1 Å². The quantitative estimate of drug-likeness (QED) is 0.632. The number of rotatable bonds is 5. The van der Waals surface area contributed by atoms with E-state index < -0.39 is 0 Å². The van der Waals surface area contributed by atoms with E-state index in [4.69, 9.17) is 5.73 Å². The Morgan fingerprint density at radius 3 is 2.76 bits per heavy atom. The highest BCUT2D eigenvalue weighted by Crippen LogP contribution is 2.06. The summed E-state index contributed by atoms with van der Waals surface area (Å²) in [4.78, 5) is 26.4. The van der Waals surface area contributed by atoms with E-state index in [0.717, 1.165) is 5.69 Å². The summed E-state index contributed by atoms with van der Waals surface area (Å²) in [5.74, 6) is -0.629. The number of nitrogens with zero attached hydrogens (tertiary/aromatic N) is 1. The molecule has 0 aliphatic heterocycles. The lowest BCUT2D eigenvalue weighted by molar-refractivity contribution is -0.125. The molecule has 6 nitrogen and oxygen atoms in total. The summed E-state index contributed by atoms with van der Waals surface area (Å²) >= 11 is 0. The summed E-state index contributed by atoms with van der Waals surface area (Å²) in [6.45, 7) is 1.63. The fraction of sp³-hybridized carbons (Fsp3) is 0.364. The van der Waals surface area contributed by atoms with Gasteiger partial charge in [0.1, 0.15) is 0 Å². The van der Waals surface area contributed by atoms with Crippen LogP contribution in [0.5, 0.6) is 0 Å². The lowest BCUT2D eigenvalue weighted by Gasteiger charge is -2.13. The number of hydrogen-bond acceptors (Lipinski definition) is 4. The molecule has 92 valence electrons. The molecule has 0 saturated heterocycles. The number of hydrogen-bond donors (Lipinski definition) is 3. The van der Waals surface area contributed by atoms with E-state index in [1.54, 1.807) is 12.3 Å². The Bertz CT molecular complexity index is 380. The van der Waals surface area contributed by atoms with Crippen LogP contribution in [-0.4, -0.2) is 29.9 Å². The van der Waals surface area contributed by atoms with Gasteiger partial charge in [-0.1, -0.05) is 6.07 Å². The Hall–Kier alpha value is -1.95. The molecule has 0 fully saturated rings. The first-order valence-corrected chi connectivity index (χ1v) is 5.30. The zero-order valence-electron chi connectivity index (χ0n) is 9.64. The van der Waals surface area contributed by atoms with Gasteiger partial charge in [0.05, 0.1) is 24.8 Å². The van der Waals surface area contributed by atoms with Crippen molar-refractivity contribution in [1.82, 2.24) is 15.6 Å². The van der Waals surface area contributed by atoms with Crippen molar-refractivity contribution in [3.63, 3.8) is 0 Å². The second kappa shape index (κ2) is 6.59. The minimum Gasteiger partial charge on any atom is -0.346 e. The number of amides is 2. The first-order valence-electron chi connectivity index (χ1n) is 5.30. The Balaban J connectivity index is 2.39. The predicted octanol–water partition coefficient (Wildman–Crippen LogP) is -0.666. The summed E-state index contributed by atoms with van der Waals surface area (Å²) < 4.78 is 0. The van der Waals surface area contributed by atoms with Crippen molar-refractivity contribution in [3.8, 4) is 0 Å². The average molecular weight is 236 g/mol. The Morgan fingerprint density at radius 1 is 1.41 bits per heavy atom. The largest absolute Gasteiger partial charge is 0.346 e. The molecule has 0 aromatic carbocycles. The third-order valence-electron chi connectivity index (χ3n) is 2.14. The van der Waals surface area contributed by atoms with Gasteiger partial charge in [0, 0.05) is 6.20 Å². The molecule has 0 bridgehead atoms. The zero-order valence-corrected chi connectivity index (χ0v) is 9.64. The molecule has 4 N–H and O–H groups in total. The van der Waals surface area contributed by atoms with E-state index in [9.17, 15) is 9.59 Å². The lowest BCUT2D eigenvalue weighted by atomic mass is 10.2. The average Bonchev–Trinajstić information content (AvgIpc) is 2.36. The van der Waals surface area contributed by atoms with Crippen molar-refractivity contribution in [1.29, 1.82) is 0 Å². The summed E-state index contributed by atoms with van der Waals surface area (Å²) in [6, 6.07) is 5.28. The maximum atomic E-state index is 11.5. The van der Waals surface area contributed by atoms with Gasteiger partial charge in [0.2, 0.25) is 11.8 Å². The number of carbonyl (C=O) groups excluding carboxylic acids is 2. The molecular weight excluding hydrogens is 220 g/mol. The van der Waals surface area contributed by atoms with Crippen molar-refractivity contribution >= 4 is 11.8 Å². The zero-order chi connectivity index (χ0) is 12.7. The molecule has 1 atom stereocenters. The molecule has 0 aliphatic carbocycles. The fourth-order valence-corrected chi connectivity index (χ4v) is 1.25. The van der Waals surface area contributed by atoms with E-state index in [-0.39, 0.29) is 30.9 Å². The lowest BCUT2D eigenvalue weighted by Crippen LogP contribution is -2.40. The monoisotopic (exact) mass is 236 g/mol. The van der Waals surface area contributed by atoms with Crippen molar-refractivity contribution in [2.24, 2.45) is 5.73 Å². The molecule has 1 aromatic heterocycles. The maximum Gasteiger partial charge on any atom is 0.239 e. The SMILES string of the molecule is C[C@H](NC(=O)CNC(=O)CN)c1ccccn1. The van der Waals surface area contributed by atoms with Crippen LogP contribution in [0.4, 0.5) is 0 Å². The van der Waals surface area contributed by atoms with Crippen LogP contribution in [0.15, 0.2) is 24.4 Å². The van der Waals surface area contributed by atoms with Gasteiger partial charge >= 0.3 is 0 Å². The molecular formula is C11H16N4O2. The molecule has 0 saturated carbocycles. The van der Waals surface area contributed by atoms with Gasteiger partial charge in [0.25, 0.3) is 0 Å². The Morgan fingerprint density at radius 2 is 2.18 bits per heavy atom. The minimum atomic E-state index is -0.356. The second-order valence-corrected chi connectivity index (χ2v) is 3.52. The Kier molecular flexibility index (Phi) is 5.09. The van der Waals surface area contributed by atoms with Crippen molar-refractivity contribution < 1.29 is 9.59 Å². The van der Waals surface area contributed by atoms with Gasteiger partial charge in [-0.2, -0.15) is 0 Å². The van der Waals surface area contributed by atoms with Crippen LogP contribution in [0.1, 0.15) is 18.7 Å². The van der Waals surface area contributed by atoms with Crippen molar-refractivity contribution in [2.45, 2.75) is 13.0 Å². The van der Waals surface area contributed by atoms with Crippen LogP contribution in [-0.2, 0) is 9.59 Å². The highest BCUT2D eigenvalue weighted by molar-refractivity contribution is 5.85. The summed E-state index contributed by atoms with van der Waals surface area (Å²) in [6.07, 6.45) is 1.66. The first-order chi connectivity index (χ1) is 8.13. The van der Waals surface area contributed by atoms with E-state index in [0.29, 0.717) is 0 Å². The highest BCUT2D eigenvalue weighted by Gasteiger charge is 2.10. The van der Waals surface area contributed by atoms with Crippen LogP contribution < -0.4 is 16.4 Å². The second-order valence-electron chi connectivity index (χ2n) is 3.52. The number of nitrogens with one attached hydrogen (secondary N) is 2. The van der Waals surface area contributed by atoms with E-state index in [2.05, 4.69) is 15.6 Å². The third kappa shape index (κ3) is 4.60. The number of pyridine rings is 1. The van der Waals surface area contributed by atoms with Crippen molar-refractivity contribution in [3.05, 3.63) is 30.1 Å². The van der Waals surface area contributed by atoms with Crippen LogP contribution in [0, 0.1) is 0 Å². The fourth-order valence-electron chi connectivity index (χ4n) is 1.25. The molecule has 0 unspecified atom stereocenters. The predicted molar refractivity (Wildman–Crippen MR) is 62.9 cm³/mol. The smallest absolute Gasteiger partial charge is 0.239 e. The van der Waals surface area contributed by atoms with Gasteiger partial charge < -0.3 is 16.4 Å². The third-order valence-corrected chi connectivity index (χ3v) is 2.14. The molecule has 0 radical (unpaired) electrons. The standard InChI is InChI=1S/C11H16N4O2/c1-8(9-4-2-3-5-13-9)15-11(17)7-14-10(16)6-12/h2-5,8H,6-7,12H2,1H3,(H,14,16)(H,15,17)/t8-/m0/s1. The molecule has 1 aromatic rings. The van der Waals surface area contributed by atoms with Gasteiger partial charge in [-0.25, -0.2) is 0 Å². The number of nitrogens with two attached hydrogens (primary N) is 1. The normalized spacial score (nSPS) is 11.6. The molecule has 0 spiro atoms. The molecule has 0 aliphatic rings. The minimum absolute atomic E-state index is 0.0762. The van der Waals surface area contributed by atoms with E-state index >= 15 is 0 Å². The maximum absolute atomic E-state index is 11.5. The van der Waals surface area contributed by atoms with Crippen molar-refractivity contribution in [2.75, 3.05) is 13.1 Å². The summed E-state index contributed by atoms with van der Waals surface area (Å²) in [7, 11) is 0. The summed E-state index contributed by atoms with van der Waals surface area (Å²) in [5.41, 5.74) is 5.87. The molecule has 17 heavy (non-hydrogen) atoms. The van der Waals surface area contributed by atoms with Crippen LogP contribution in [0.25, 0.3) is 0 Å². The number of aromatic nitrogens is 1. The Labute approximate surface area is 99.6 Å². The van der Waals surface area contributed by atoms with Gasteiger partial charge in [0.15, 0.2) is 0 Å². The van der Waals surface area contributed by atoms with E-state index in [1.807, 2.05) is 19.1 Å². The topological polar surface area (TPSA) is 97.1 Å². The molecule has 1 rings (SSSR count). The van der Waals surface area contributed by atoms with E-state index in [1.165, 1.54) is 0 Å². The van der Waals surface area contributed by atoms with Gasteiger partial charge in [-0.3, -0.25) is 14.6 Å². The molecule has 6 heteroatoms.